The van der Waals surface area contributed by atoms with Crippen LogP contribution in [0.4, 0.5) is 13.2 Å². The monoisotopic (exact) mass is 457 g/mol. The van der Waals surface area contributed by atoms with E-state index in [1.54, 1.807) is 30.8 Å². The molecular formula is C22H32F3N4O3+. The van der Waals surface area contributed by atoms with Gasteiger partial charge in [-0.15, -0.1) is 0 Å². The SMILES string of the molecule is C/C=C(\N=C(OC)C1CCC[N+]1=C(N)N)c1ccc(OCCCCOC)c(C(F)(F)F)c1. The Kier molecular flexibility index (Phi) is 9.37. The molecule has 7 nitrogen and oxygen atoms in total. The average molecular weight is 458 g/mol. The number of allylic oxidation sites excluding steroid dienone is 1. The van der Waals surface area contributed by atoms with Gasteiger partial charge in [-0.2, -0.15) is 13.2 Å². The summed E-state index contributed by atoms with van der Waals surface area (Å²) in [4.78, 5) is 4.51. The summed E-state index contributed by atoms with van der Waals surface area (Å²) < 4.78 is 58.8. The summed E-state index contributed by atoms with van der Waals surface area (Å²) in [6, 6.07) is 3.67. The maximum absolute atomic E-state index is 13.7. The van der Waals surface area contributed by atoms with Gasteiger partial charge >= 0.3 is 12.1 Å². The first-order valence-electron chi connectivity index (χ1n) is 10.5. The van der Waals surface area contributed by atoms with Crippen LogP contribution in [0.1, 0.15) is 43.7 Å². The van der Waals surface area contributed by atoms with Crippen molar-refractivity contribution in [1.82, 2.24) is 0 Å². The van der Waals surface area contributed by atoms with Gasteiger partial charge in [-0.25, -0.2) is 4.99 Å². The summed E-state index contributed by atoms with van der Waals surface area (Å²) >= 11 is 0. The van der Waals surface area contributed by atoms with Crippen LogP contribution < -0.4 is 16.2 Å². The second-order valence-corrected chi connectivity index (χ2v) is 7.36. The molecule has 1 atom stereocenters. The molecule has 32 heavy (non-hydrogen) atoms. The minimum absolute atomic E-state index is 0.158. The van der Waals surface area contributed by atoms with Gasteiger partial charge in [-0.1, -0.05) is 6.08 Å². The number of nitrogens with two attached hydrogens (primary N) is 2. The molecule has 0 bridgehead atoms. The predicted octanol–water partition coefficient (Wildman–Crippen LogP) is 3.36. The van der Waals surface area contributed by atoms with Crippen LogP contribution in [-0.4, -0.2) is 56.5 Å². The number of methoxy groups -OCH3 is 2. The van der Waals surface area contributed by atoms with E-state index in [0.29, 0.717) is 43.2 Å². The highest BCUT2D eigenvalue weighted by molar-refractivity contribution is 5.88. The lowest BCUT2D eigenvalue weighted by Crippen LogP contribution is -2.42. The quantitative estimate of drug-likeness (QED) is 0.257. The van der Waals surface area contributed by atoms with Crippen LogP contribution in [0, 0.1) is 0 Å². The molecule has 0 amide bonds. The zero-order valence-corrected chi connectivity index (χ0v) is 18.7. The van der Waals surface area contributed by atoms with Gasteiger partial charge in [0, 0.05) is 19.3 Å². The summed E-state index contributed by atoms with van der Waals surface area (Å²) in [5.41, 5.74) is 11.3. The Labute approximate surface area is 186 Å². The lowest BCUT2D eigenvalue weighted by Gasteiger charge is -2.17. The lowest BCUT2D eigenvalue weighted by atomic mass is 10.1. The van der Waals surface area contributed by atoms with Crippen molar-refractivity contribution in [2.45, 2.75) is 44.8 Å². The fourth-order valence-electron chi connectivity index (χ4n) is 3.57. The number of unbranched alkanes of at least 4 members (excludes halogenated alkanes) is 1. The van der Waals surface area contributed by atoms with Gasteiger partial charge in [0.05, 0.1) is 31.5 Å². The van der Waals surface area contributed by atoms with Crippen LogP contribution >= 0.6 is 0 Å². The number of alkyl halides is 3. The van der Waals surface area contributed by atoms with Crippen LogP contribution in [-0.2, 0) is 15.7 Å². The van der Waals surface area contributed by atoms with E-state index in [-0.39, 0.29) is 24.4 Å². The lowest BCUT2D eigenvalue weighted by molar-refractivity contribution is -0.530. The molecule has 1 aromatic rings. The molecule has 1 fully saturated rings. The van der Waals surface area contributed by atoms with E-state index >= 15 is 0 Å². The molecule has 0 spiro atoms. The van der Waals surface area contributed by atoms with E-state index in [1.165, 1.54) is 13.2 Å². The number of ether oxygens (including phenoxy) is 3. The first-order chi connectivity index (χ1) is 15.2. The smallest absolute Gasteiger partial charge is 0.419 e. The topological polar surface area (TPSA) is 95.1 Å². The van der Waals surface area contributed by atoms with Crippen molar-refractivity contribution >= 4 is 17.6 Å². The van der Waals surface area contributed by atoms with Gasteiger partial charge < -0.3 is 14.2 Å². The van der Waals surface area contributed by atoms with Crippen molar-refractivity contribution in [3.8, 4) is 5.75 Å². The van der Waals surface area contributed by atoms with Gasteiger partial charge in [-0.3, -0.25) is 16.0 Å². The zero-order valence-electron chi connectivity index (χ0n) is 18.7. The Morgan fingerprint density at radius 3 is 2.53 bits per heavy atom. The molecule has 2 rings (SSSR count). The van der Waals surface area contributed by atoms with E-state index in [4.69, 9.17) is 25.7 Å². The molecule has 1 saturated heterocycles. The number of benzene rings is 1. The van der Waals surface area contributed by atoms with Gasteiger partial charge in [0.15, 0.2) is 6.04 Å². The first-order valence-corrected chi connectivity index (χ1v) is 10.5. The number of rotatable bonds is 9. The van der Waals surface area contributed by atoms with Crippen LogP contribution in [0.2, 0.25) is 0 Å². The van der Waals surface area contributed by atoms with Crippen LogP contribution in [0.25, 0.3) is 5.70 Å². The highest BCUT2D eigenvalue weighted by Crippen LogP contribution is 2.38. The molecule has 0 radical (unpaired) electrons. The minimum Gasteiger partial charge on any atom is -0.493 e. The Morgan fingerprint density at radius 2 is 1.94 bits per heavy atom. The number of hydrogen-bond donors (Lipinski definition) is 2. The number of hydrogen-bond acceptors (Lipinski definition) is 4. The Hall–Kier alpha value is -2.75. The highest BCUT2D eigenvalue weighted by Gasteiger charge is 2.35. The molecule has 0 aliphatic carbocycles. The second kappa shape index (κ2) is 11.8. The fourth-order valence-corrected chi connectivity index (χ4v) is 3.57. The molecule has 1 aliphatic heterocycles. The predicted molar refractivity (Wildman–Crippen MR) is 118 cm³/mol. The third-order valence-corrected chi connectivity index (χ3v) is 5.16. The fraction of sp³-hybridized carbons (Fsp3) is 0.545. The maximum Gasteiger partial charge on any atom is 0.419 e. The van der Waals surface area contributed by atoms with Crippen molar-refractivity contribution in [3.63, 3.8) is 0 Å². The summed E-state index contributed by atoms with van der Waals surface area (Å²) in [7, 11) is 3.04. The van der Waals surface area contributed by atoms with Crippen LogP contribution in [0.5, 0.6) is 5.75 Å². The van der Waals surface area contributed by atoms with Gasteiger partial charge in [0.2, 0.25) is 5.90 Å². The Balaban J connectivity index is 2.33. The van der Waals surface area contributed by atoms with Crippen molar-refractivity contribution in [1.29, 1.82) is 0 Å². The molecule has 1 heterocycles. The number of guanidine groups is 1. The molecule has 0 aromatic heterocycles. The third kappa shape index (κ3) is 6.62. The van der Waals surface area contributed by atoms with E-state index < -0.39 is 11.7 Å². The highest BCUT2D eigenvalue weighted by atomic mass is 19.4. The Morgan fingerprint density at radius 1 is 1.22 bits per heavy atom. The number of nitrogens with zero attached hydrogens (tertiary/aromatic N) is 2. The van der Waals surface area contributed by atoms with Crippen molar-refractivity contribution in [2.75, 3.05) is 34.0 Å². The first kappa shape index (κ1) is 25.5. The Bertz CT molecular complexity index is 862. The molecule has 1 aliphatic rings. The number of halogens is 3. The zero-order chi connectivity index (χ0) is 23.7. The standard InChI is InChI=1S/C22H31F3N4O3/c1-4-17(28-20(31-3)18-8-7-11-29(18)21(26)27)15-9-10-19(16(14-15)22(23,24)25)32-13-6-5-12-30-2/h4,9-10,14,18H,5-8,11-13H2,1-3H3,(H3,26,27)/p+1/b17-4-,28-20?. The van der Waals surface area contributed by atoms with Crippen molar-refractivity contribution in [3.05, 3.63) is 35.4 Å². The van der Waals surface area contributed by atoms with Crippen molar-refractivity contribution in [2.24, 2.45) is 16.5 Å². The van der Waals surface area contributed by atoms with Crippen LogP contribution in [0.15, 0.2) is 29.3 Å². The second-order valence-electron chi connectivity index (χ2n) is 7.36. The number of aliphatic imine (C=N–C) groups is 1. The van der Waals surface area contributed by atoms with E-state index in [9.17, 15) is 13.2 Å². The summed E-state index contributed by atoms with van der Waals surface area (Å²) in [5, 5.41) is 0. The third-order valence-electron chi connectivity index (χ3n) is 5.16. The molecule has 1 aromatic carbocycles. The van der Waals surface area contributed by atoms with Gasteiger partial charge in [-0.05, 0) is 50.8 Å². The molecule has 10 heteroatoms. The van der Waals surface area contributed by atoms with Crippen molar-refractivity contribution < 1.29 is 32.0 Å². The molecular weight excluding hydrogens is 425 g/mol. The minimum atomic E-state index is -4.57. The molecule has 0 saturated carbocycles. The summed E-state index contributed by atoms with van der Waals surface area (Å²) in [5.74, 6) is 0.291. The normalized spacial score (nSPS) is 17.6. The average Bonchev–Trinajstić information content (AvgIpc) is 3.24. The summed E-state index contributed by atoms with van der Waals surface area (Å²) in [6.45, 7) is 3.07. The van der Waals surface area contributed by atoms with Gasteiger partial charge in [0.1, 0.15) is 5.75 Å². The summed E-state index contributed by atoms with van der Waals surface area (Å²) in [6.07, 6.45) is -0.0654. The maximum atomic E-state index is 13.7. The van der Waals surface area contributed by atoms with E-state index in [0.717, 1.165) is 18.9 Å². The van der Waals surface area contributed by atoms with Gasteiger partial charge in [0.25, 0.3) is 0 Å². The molecule has 178 valence electrons. The van der Waals surface area contributed by atoms with E-state index in [2.05, 4.69) is 4.99 Å². The largest absolute Gasteiger partial charge is 0.493 e. The molecule has 1 unspecified atom stereocenters. The molecule has 4 N–H and O–H groups in total. The van der Waals surface area contributed by atoms with E-state index in [1.807, 2.05) is 0 Å². The van der Waals surface area contributed by atoms with Crippen LogP contribution in [0.3, 0.4) is 0 Å².